The fraction of sp³-hybridized carbons (Fsp3) is 0.444. The summed E-state index contributed by atoms with van der Waals surface area (Å²) < 4.78 is 12.2. The van der Waals surface area contributed by atoms with Gasteiger partial charge in [-0.1, -0.05) is 12.1 Å². The van der Waals surface area contributed by atoms with Crippen molar-refractivity contribution >= 4 is 34.7 Å². The third-order valence-corrected chi connectivity index (χ3v) is 4.91. The van der Waals surface area contributed by atoms with Gasteiger partial charge in [0.25, 0.3) is 5.91 Å². The van der Waals surface area contributed by atoms with Gasteiger partial charge in [0.15, 0.2) is 0 Å². The molecule has 0 aliphatic carbocycles. The average molecular weight is 362 g/mol. The zero-order valence-corrected chi connectivity index (χ0v) is 15.6. The molecule has 1 aromatic carbocycles. The average Bonchev–Trinajstić information content (AvgIpc) is 2.81. The first kappa shape index (κ1) is 17.8. The standard InChI is InChI=1S/C18H22N2O4S/c1-18(2,3)24-17(22)19-13-10-25-14-7-5-6-11-8-12(9-23-4)20(15(11)14)16(13)21/h5-8,13H,9-10H2,1-4H3,(H,19,22)/t13-/m0/s1. The maximum absolute atomic E-state index is 13.1. The molecule has 0 unspecified atom stereocenters. The Labute approximate surface area is 150 Å². The van der Waals surface area contributed by atoms with Gasteiger partial charge in [0, 0.05) is 23.1 Å². The highest BCUT2D eigenvalue weighted by atomic mass is 32.2. The minimum atomic E-state index is -0.668. The topological polar surface area (TPSA) is 69.6 Å². The second-order valence-corrected chi connectivity index (χ2v) is 8.01. The fourth-order valence-corrected chi connectivity index (χ4v) is 3.95. The first-order valence-corrected chi connectivity index (χ1v) is 9.07. The van der Waals surface area contributed by atoms with E-state index in [9.17, 15) is 9.59 Å². The second-order valence-electron chi connectivity index (χ2n) is 6.95. The first-order valence-electron chi connectivity index (χ1n) is 8.09. The summed E-state index contributed by atoms with van der Waals surface area (Å²) in [4.78, 5) is 26.2. The molecule has 1 N–H and O–H groups in total. The molecule has 0 radical (unpaired) electrons. The molecule has 2 aromatic rings. The molecule has 0 bridgehead atoms. The van der Waals surface area contributed by atoms with E-state index in [-0.39, 0.29) is 5.91 Å². The van der Waals surface area contributed by atoms with Crippen LogP contribution in [0.2, 0.25) is 0 Å². The second kappa shape index (κ2) is 6.72. The zero-order chi connectivity index (χ0) is 18.2. The van der Waals surface area contributed by atoms with Crippen LogP contribution in [-0.2, 0) is 16.1 Å². The van der Waals surface area contributed by atoms with Crippen LogP contribution in [0.3, 0.4) is 0 Å². The number of aromatic nitrogens is 1. The largest absolute Gasteiger partial charge is 0.444 e. The number of methoxy groups -OCH3 is 1. The summed E-state index contributed by atoms with van der Waals surface area (Å²) in [5.74, 6) is 0.274. The van der Waals surface area contributed by atoms with Crippen molar-refractivity contribution in [3.8, 4) is 0 Å². The number of hydrogen-bond donors (Lipinski definition) is 1. The van der Waals surface area contributed by atoms with Crippen LogP contribution in [0, 0.1) is 0 Å². The van der Waals surface area contributed by atoms with Crippen molar-refractivity contribution in [1.82, 2.24) is 9.88 Å². The molecule has 25 heavy (non-hydrogen) atoms. The van der Waals surface area contributed by atoms with E-state index in [1.807, 2.05) is 24.3 Å². The summed E-state index contributed by atoms with van der Waals surface area (Å²) in [6, 6.07) is 7.22. The molecule has 0 saturated carbocycles. The number of para-hydroxylation sites is 1. The Bertz CT molecular complexity index is 822. The molecule has 6 nitrogen and oxygen atoms in total. The lowest BCUT2D eigenvalue weighted by atomic mass is 10.2. The number of amides is 1. The van der Waals surface area contributed by atoms with Gasteiger partial charge in [-0.25, -0.2) is 4.79 Å². The molecular formula is C18H22N2O4S. The van der Waals surface area contributed by atoms with Crippen molar-refractivity contribution in [3.63, 3.8) is 0 Å². The summed E-state index contributed by atoms with van der Waals surface area (Å²) in [5, 5.41) is 3.70. The minimum Gasteiger partial charge on any atom is -0.444 e. The van der Waals surface area contributed by atoms with Crippen molar-refractivity contribution in [2.75, 3.05) is 12.9 Å². The van der Waals surface area contributed by atoms with Crippen molar-refractivity contribution < 1.29 is 19.1 Å². The summed E-state index contributed by atoms with van der Waals surface area (Å²) in [6.45, 7) is 5.69. The number of nitrogens with zero attached hydrogens (tertiary/aromatic N) is 1. The van der Waals surface area contributed by atoms with Crippen molar-refractivity contribution in [2.24, 2.45) is 0 Å². The smallest absolute Gasteiger partial charge is 0.408 e. The van der Waals surface area contributed by atoms with Crippen LogP contribution < -0.4 is 5.32 Å². The number of nitrogens with one attached hydrogen (secondary N) is 1. The number of carbonyl (C=O) groups is 2. The van der Waals surface area contributed by atoms with E-state index in [2.05, 4.69) is 5.32 Å². The fourth-order valence-electron chi connectivity index (χ4n) is 2.86. The lowest BCUT2D eigenvalue weighted by Gasteiger charge is -2.22. The Balaban J connectivity index is 1.95. The van der Waals surface area contributed by atoms with Gasteiger partial charge in [-0.2, -0.15) is 0 Å². The third kappa shape index (κ3) is 3.67. The number of thioether (sulfide) groups is 1. The summed E-state index contributed by atoms with van der Waals surface area (Å²) >= 11 is 1.55. The molecule has 2 heterocycles. The van der Waals surface area contributed by atoms with Crippen LogP contribution in [0.15, 0.2) is 29.2 Å². The Morgan fingerprint density at radius 1 is 1.40 bits per heavy atom. The Kier molecular flexibility index (Phi) is 4.79. The number of alkyl carbamates (subject to hydrolysis) is 1. The van der Waals surface area contributed by atoms with E-state index < -0.39 is 17.7 Å². The van der Waals surface area contributed by atoms with Crippen LogP contribution in [0.5, 0.6) is 0 Å². The molecule has 1 atom stereocenters. The molecule has 0 fully saturated rings. The first-order chi connectivity index (χ1) is 11.8. The van der Waals surface area contributed by atoms with Gasteiger partial charge in [-0.05, 0) is 32.9 Å². The summed E-state index contributed by atoms with van der Waals surface area (Å²) in [6.07, 6.45) is -0.589. The predicted molar refractivity (Wildman–Crippen MR) is 97.2 cm³/mol. The Morgan fingerprint density at radius 2 is 2.16 bits per heavy atom. The number of hydrogen-bond acceptors (Lipinski definition) is 5. The van der Waals surface area contributed by atoms with Crippen molar-refractivity contribution in [3.05, 3.63) is 30.0 Å². The number of ether oxygens (including phenoxy) is 2. The van der Waals surface area contributed by atoms with Gasteiger partial charge >= 0.3 is 6.09 Å². The lowest BCUT2D eigenvalue weighted by Crippen LogP contribution is -2.46. The van der Waals surface area contributed by atoms with Crippen LogP contribution >= 0.6 is 11.8 Å². The van der Waals surface area contributed by atoms with Gasteiger partial charge in [0.05, 0.1) is 17.8 Å². The van der Waals surface area contributed by atoms with E-state index in [1.54, 1.807) is 44.2 Å². The third-order valence-electron chi connectivity index (χ3n) is 3.77. The number of rotatable bonds is 3. The van der Waals surface area contributed by atoms with Gasteiger partial charge in [-0.15, -0.1) is 11.8 Å². The maximum Gasteiger partial charge on any atom is 0.408 e. The molecule has 3 rings (SSSR count). The van der Waals surface area contributed by atoms with E-state index in [0.717, 1.165) is 21.5 Å². The number of carbonyl (C=O) groups excluding carboxylic acids is 2. The zero-order valence-electron chi connectivity index (χ0n) is 14.8. The highest BCUT2D eigenvalue weighted by Crippen LogP contribution is 2.34. The Hall–Kier alpha value is -1.99. The van der Waals surface area contributed by atoms with Gasteiger partial charge < -0.3 is 14.8 Å². The highest BCUT2D eigenvalue weighted by molar-refractivity contribution is 7.99. The van der Waals surface area contributed by atoms with E-state index >= 15 is 0 Å². The molecule has 1 aliphatic rings. The van der Waals surface area contributed by atoms with E-state index in [0.29, 0.717) is 12.4 Å². The van der Waals surface area contributed by atoms with Crippen LogP contribution in [-0.4, -0.2) is 41.1 Å². The summed E-state index contributed by atoms with van der Waals surface area (Å²) in [5.41, 5.74) is 1.03. The molecule has 1 aliphatic heterocycles. The molecule has 7 heteroatoms. The van der Waals surface area contributed by atoms with Crippen LogP contribution in [0.25, 0.3) is 10.9 Å². The molecule has 1 aromatic heterocycles. The van der Waals surface area contributed by atoms with Gasteiger partial charge in [0.2, 0.25) is 0 Å². The lowest BCUT2D eigenvalue weighted by molar-refractivity contribution is 0.0489. The highest BCUT2D eigenvalue weighted by Gasteiger charge is 2.31. The predicted octanol–water partition coefficient (Wildman–Crippen LogP) is 3.43. The number of benzene rings is 1. The Morgan fingerprint density at radius 3 is 2.84 bits per heavy atom. The molecular weight excluding hydrogens is 340 g/mol. The molecule has 0 saturated heterocycles. The van der Waals surface area contributed by atoms with Crippen molar-refractivity contribution in [1.29, 1.82) is 0 Å². The summed E-state index contributed by atoms with van der Waals surface area (Å²) in [7, 11) is 1.60. The molecule has 0 spiro atoms. The monoisotopic (exact) mass is 362 g/mol. The van der Waals surface area contributed by atoms with E-state index in [1.165, 1.54) is 0 Å². The molecule has 134 valence electrons. The van der Waals surface area contributed by atoms with Crippen LogP contribution in [0.4, 0.5) is 4.79 Å². The van der Waals surface area contributed by atoms with Crippen LogP contribution in [0.1, 0.15) is 31.3 Å². The van der Waals surface area contributed by atoms with Crippen molar-refractivity contribution in [2.45, 2.75) is 43.9 Å². The normalized spacial score (nSPS) is 17.4. The SMILES string of the molecule is COCc1cc2cccc3c2n1C(=O)[C@@H](NC(=O)OC(C)(C)C)CS3. The quantitative estimate of drug-likeness (QED) is 0.906. The molecule has 1 amide bonds. The van der Waals surface area contributed by atoms with E-state index in [4.69, 9.17) is 9.47 Å². The van der Waals surface area contributed by atoms with Gasteiger partial charge in [-0.3, -0.25) is 9.36 Å². The maximum atomic E-state index is 13.1. The van der Waals surface area contributed by atoms with Gasteiger partial charge in [0.1, 0.15) is 11.6 Å². The minimum absolute atomic E-state index is 0.176.